The van der Waals surface area contributed by atoms with Crippen molar-refractivity contribution in [3.05, 3.63) is 118 Å². The van der Waals surface area contributed by atoms with Crippen molar-refractivity contribution in [1.29, 1.82) is 0 Å². The van der Waals surface area contributed by atoms with Gasteiger partial charge in [0.25, 0.3) is 5.91 Å². The summed E-state index contributed by atoms with van der Waals surface area (Å²) in [5.41, 5.74) is 4.36. The minimum Gasteiger partial charge on any atom is -0.369 e. The molecule has 0 radical (unpaired) electrons. The molecular formula is C44H42F3N7O6S. The molecule has 3 N–H and O–H groups in total. The van der Waals surface area contributed by atoms with Gasteiger partial charge in [-0.3, -0.25) is 34.1 Å². The molecule has 3 saturated heterocycles. The average molecular weight is 854 g/mol. The molecule has 5 heterocycles. The third kappa shape index (κ3) is 7.88. The molecule has 0 spiro atoms. The lowest BCUT2D eigenvalue weighted by Gasteiger charge is -2.36. The van der Waals surface area contributed by atoms with Crippen LogP contribution in [-0.2, 0) is 32.8 Å². The maximum Gasteiger partial charge on any atom is 0.301 e. The van der Waals surface area contributed by atoms with Crippen LogP contribution in [0.25, 0.3) is 22.0 Å². The van der Waals surface area contributed by atoms with Crippen molar-refractivity contribution in [3.63, 3.8) is 0 Å². The third-order valence-corrected chi connectivity index (χ3v) is 13.7. The first-order chi connectivity index (χ1) is 29.3. The topological polar surface area (TPSA) is 155 Å². The number of H-pyrrole nitrogens is 1. The monoisotopic (exact) mass is 853 g/mol. The van der Waals surface area contributed by atoms with Crippen molar-refractivity contribution < 1.29 is 40.8 Å². The van der Waals surface area contributed by atoms with E-state index in [2.05, 4.69) is 32.2 Å². The Morgan fingerprint density at radius 2 is 1.64 bits per heavy atom. The van der Waals surface area contributed by atoms with E-state index in [9.17, 15) is 32.0 Å². The van der Waals surface area contributed by atoms with Crippen molar-refractivity contribution in [2.75, 3.05) is 55.4 Å². The van der Waals surface area contributed by atoms with Crippen LogP contribution in [0.4, 0.5) is 24.5 Å². The Kier molecular flexibility index (Phi) is 10.7. The van der Waals surface area contributed by atoms with Gasteiger partial charge in [0, 0.05) is 92.7 Å². The number of hydrogen-bond acceptors (Lipinski definition) is 8. The van der Waals surface area contributed by atoms with Gasteiger partial charge < -0.3 is 14.8 Å². The van der Waals surface area contributed by atoms with Crippen molar-refractivity contribution >= 4 is 56.0 Å². The molecule has 3 fully saturated rings. The van der Waals surface area contributed by atoms with Gasteiger partial charge in [0.1, 0.15) is 18.0 Å². The standard InChI is InChI=1S/C44H42F3N7O6S/c45-30-14-16-53(25-30)61(59,60)50-37-10-8-35(46)40(41(37)47)42(56)34-23-48-36-9-5-28(22-33(34)36)27-3-1-26(2-4-27)13-15-51-17-19-52(20-18-51)31-6-7-32-29(21-31)24-54(44(32)58)38-11-12-39(55)49-43(38)57/h1-10,21-23,30,38,48,50H,11-20,24-25H2,(H,49,55,57)/t30-,38?/m1/s1. The molecule has 13 nitrogen and oxygen atoms in total. The number of aromatic nitrogens is 1. The summed E-state index contributed by atoms with van der Waals surface area (Å²) in [4.78, 5) is 60.2. The minimum atomic E-state index is -4.35. The van der Waals surface area contributed by atoms with Crippen molar-refractivity contribution in [2.24, 2.45) is 0 Å². The SMILES string of the molecule is O=C1CCC(N2Cc3cc(N4CCN(CCc5ccc(-c6ccc7[nH]cc(C(=O)c8c(F)ccc(NS(=O)(=O)N9CC[C@@H](F)C9)c8F)c7c6)cc5)CC4)ccc3C2=O)C(=O)N1. The van der Waals surface area contributed by atoms with Gasteiger partial charge in [0.2, 0.25) is 17.6 Å². The summed E-state index contributed by atoms with van der Waals surface area (Å²) in [6.45, 7) is 4.09. The van der Waals surface area contributed by atoms with Crippen LogP contribution < -0.4 is 14.9 Å². The van der Waals surface area contributed by atoms with E-state index in [1.54, 1.807) is 17.0 Å². The molecule has 1 unspecified atom stereocenters. The molecule has 316 valence electrons. The molecule has 61 heavy (non-hydrogen) atoms. The summed E-state index contributed by atoms with van der Waals surface area (Å²) in [7, 11) is -4.35. The van der Waals surface area contributed by atoms with Gasteiger partial charge in [0.05, 0.1) is 11.3 Å². The predicted molar refractivity (Wildman–Crippen MR) is 222 cm³/mol. The van der Waals surface area contributed by atoms with E-state index in [1.165, 1.54) is 6.20 Å². The number of carbonyl (C=O) groups excluding carboxylic acids is 4. The molecule has 1 aromatic heterocycles. The number of fused-ring (bicyclic) bond motifs is 2. The number of imide groups is 1. The highest BCUT2D eigenvalue weighted by Crippen LogP contribution is 2.33. The summed E-state index contributed by atoms with van der Waals surface area (Å²) >= 11 is 0. The number of amides is 3. The molecular weight excluding hydrogens is 812 g/mol. The lowest BCUT2D eigenvalue weighted by molar-refractivity contribution is -0.136. The Balaban J connectivity index is 0.815. The lowest BCUT2D eigenvalue weighted by atomic mass is 9.97. The van der Waals surface area contributed by atoms with Crippen molar-refractivity contribution in [3.8, 4) is 11.1 Å². The maximum atomic E-state index is 15.7. The molecule has 9 rings (SSSR count). The number of carbonyl (C=O) groups is 4. The molecule has 0 saturated carbocycles. The number of ketones is 1. The fourth-order valence-corrected chi connectivity index (χ4v) is 9.98. The number of aromatic amines is 1. The zero-order chi connectivity index (χ0) is 42.6. The molecule has 4 aromatic carbocycles. The van der Waals surface area contributed by atoms with Gasteiger partial charge in [0.15, 0.2) is 5.82 Å². The first kappa shape index (κ1) is 40.4. The molecule has 0 bridgehead atoms. The molecule has 17 heteroatoms. The Hall–Kier alpha value is -6.04. The number of alkyl halides is 1. The number of benzene rings is 4. The Labute approximate surface area is 349 Å². The second-order valence-electron chi connectivity index (χ2n) is 15.9. The first-order valence-corrected chi connectivity index (χ1v) is 21.7. The van der Waals surface area contributed by atoms with Crippen molar-refractivity contribution in [2.45, 2.75) is 44.4 Å². The number of nitrogens with zero attached hydrogens (tertiary/aromatic N) is 4. The van der Waals surface area contributed by atoms with Crippen LogP contribution in [0.3, 0.4) is 0 Å². The van der Waals surface area contributed by atoms with Gasteiger partial charge in [-0.05, 0) is 84.0 Å². The van der Waals surface area contributed by atoms with E-state index >= 15 is 8.78 Å². The molecule has 2 atom stereocenters. The van der Waals surface area contributed by atoms with E-state index in [4.69, 9.17) is 0 Å². The third-order valence-electron chi connectivity index (χ3n) is 12.2. The molecule has 5 aromatic rings. The quantitative estimate of drug-likeness (QED) is 0.122. The summed E-state index contributed by atoms with van der Waals surface area (Å²) in [5.74, 6) is -4.41. The van der Waals surface area contributed by atoms with Crippen LogP contribution in [0.2, 0.25) is 0 Å². The smallest absolute Gasteiger partial charge is 0.301 e. The van der Waals surface area contributed by atoms with E-state index in [-0.39, 0.29) is 43.3 Å². The van der Waals surface area contributed by atoms with Gasteiger partial charge in [-0.1, -0.05) is 30.3 Å². The minimum absolute atomic E-state index is 0.00634. The van der Waals surface area contributed by atoms with Crippen LogP contribution >= 0.6 is 0 Å². The zero-order valence-electron chi connectivity index (χ0n) is 32.9. The number of halogens is 3. The number of nitrogens with one attached hydrogen (secondary N) is 3. The Bertz CT molecular complexity index is 2700. The van der Waals surface area contributed by atoms with Crippen LogP contribution in [0.15, 0.2) is 79.0 Å². The Morgan fingerprint density at radius 1 is 0.869 bits per heavy atom. The number of hydrogen-bond donors (Lipinski definition) is 3. The highest BCUT2D eigenvalue weighted by Gasteiger charge is 2.39. The van der Waals surface area contributed by atoms with E-state index in [1.807, 2.05) is 41.1 Å². The second-order valence-corrected chi connectivity index (χ2v) is 17.6. The van der Waals surface area contributed by atoms with Gasteiger partial charge in [-0.2, -0.15) is 12.7 Å². The molecule has 0 aliphatic carbocycles. The lowest BCUT2D eigenvalue weighted by Crippen LogP contribution is -2.52. The predicted octanol–water partition coefficient (Wildman–Crippen LogP) is 5.17. The highest BCUT2D eigenvalue weighted by molar-refractivity contribution is 7.90. The largest absolute Gasteiger partial charge is 0.369 e. The van der Waals surface area contributed by atoms with Gasteiger partial charge in [-0.15, -0.1) is 0 Å². The summed E-state index contributed by atoms with van der Waals surface area (Å²) in [6.07, 6.45) is 1.40. The van der Waals surface area contributed by atoms with E-state index < -0.39 is 57.0 Å². The van der Waals surface area contributed by atoms with E-state index in [0.29, 0.717) is 29.4 Å². The van der Waals surface area contributed by atoms with Crippen LogP contribution in [0.1, 0.15) is 56.7 Å². The van der Waals surface area contributed by atoms with E-state index in [0.717, 1.165) is 83.5 Å². The zero-order valence-corrected chi connectivity index (χ0v) is 33.7. The van der Waals surface area contributed by atoms with Crippen LogP contribution in [0, 0.1) is 11.6 Å². The normalized spacial score (nSPS) is 20.1. The van der Waals surface area contributed by atoms with Crippen molar-refractivity contribution in [1.82, 2.24) is 24.4 Å². The molecule has 4 aliphatic heterocycles. The maximum absolute atomic E-state index is 15.7. The highest BCUT2D eigenvalue weighted by atomic mass is 32.2. The van der Waals surface area contributed by atoms with Gasteiger partial charge >= 0.3 is 10.2 Å². The average Bonchev–Trinajstić information content (AvgIpc) is 3.98. The summed E-state index contributed by atoms with van der Waals surface area (Å²) < 4.78 is 73.0. The Morgan fingerprint density at radius 3 is 2.38 bits per heavy atom. The number of rotatable bonds is 11. The number of anilines is 2. The summed E-state index contributed by atoms with van der Waals surface area (Å²) in [5, 5.41) is 2.78. The second kappa shape index (κ2) is 16.1. The fourth-order valence-electron chi connectivity index (χ4n) is 8.71. The van der Waals surface area contributed by atoms with Crippen LogP contribution in [-0.4, -0.2) is 109 Å². The number of piperazine rings is 1. The number of piperidine rings is 1. The molecule has 4 aliphatic rings. The van der Waals surface area contributed by atoms with Crippen LogP contribution in [0.5, 0.6) is 0 Å². The fraction of sp³-hybridized carbons (Fsp3) is 0.318. The van der Waals surface area contributed by atoms with Gasteiger partial charge in [-0.25, -0.2) is 13.2 Å². The molecule has 3 amide bonds. The first-order valence-electron chi connectivity index (χ1n) is 20.2. The summed E-state index contributed by atoms with van der Waals surface area (Å²) in [6, 6.07) is 20.4.